The molecule has 0 aliphatic heterocycles. The first-order chi connectivity index (χ1) is 10.8. The highest BCUT2D eigenvalue weighted by Gasteiger charge is 2.12. The predicted molar refractivity (Wildman–Crippen MR) is 91.4 cm³/mol. The second-order valence-electron chi connectivity index (χ2n) is 5.13. The van der Waals surface area contributed by atoms with Crippen LogP contribution in [0.4, 0.5) is 11.4 Å². The highest BCUT2D eigenvalue weighted by atomic mass is 32.2. The van der Waals surface area contributed by atoms with Crippen molar-refractivity contribution in [3.05, 3.63) is 54.1 Å². The zero-order valence-electron chi connectivity index (χ0n) is 13.2. The number of sulfonamides is 1. The van der Waals surface area contributed by atoms with Crippen LogP contribution in [0.2, 0.25) is 0 Å². The van der Waals surface area contributed by atoms with Gasteiger partial charge in [0.25, 0.3) is 5.91 Å². The van der Waals surface area contributed by atoms with Crippen molar-refractivity contribution in [1.29, 1.82) is 0 Å². The molecule has 122 valence electrons. The lowest BCUT2D eigenvalue weighted by molar-refractivity contribution is 0.102. The molecule has 2 rings (SSSR count). The van der Waals surface area contributed by atoms with Crippen molar-refractivity contribution in [2.45, 2.75) is 4.90 Å². The van der Waals surface area contributed by atoms with E-state index < -0.39 is 10.0 Å². The molecule has 23 heavy (non-hydrogen) atoms. The van der Waals surface area contributed by atoms with Crippen molar-refractivity contribution in [1.82, 2.24) is 4.72 Å². The molecule has 0 spiro atoms. The average molecular weight is 333 g/mol. The van der Waals surface area contributed by atoms with E-state index in [9.17, 15) is 13.2 Å². The molecule has 0 aliphatic rings. The number of carbonyl (C=O) groups is 1. The quantitative estimate of drug-likeness (QED) is 0.876. The monoisotopic (exact) mass is 333 g/mol. The minimum atomic E-state index is -3.48. The Bertz CT molecular complexity index is 800. The van der Waals surface area contributed by atoms with Crippen LogP contribution in [0.1, 0.15) is 10.4 Å². The maximum atomic E-state index is 12.3. The lowest BCUT2D eigenvalue weighted by atomic mass is 10.1. The summed E-state index contributed by atoms with van der Waals surface area (Å²) in [6, 6.07) is 13.2. The Balaban J connectivity index is 2.16. The van der Waals surface area contributed by atoms with Crippen LogP contribution in [0, 0.1) is 0 Å². The molecule has 0 saturated heterocycles. The molecule has 0 radical (unpaired) electrons. The van der Waals surface area contributed by atoms with Crippen molar-refractivity contribution in [2.75, 3.05) is 31.4 Å². The molecule has 0 atom stereocenters. The molecule has 0 bridgehead atoms. The fourth-order valence-corrected chi connectivity index (χ4v) is 2.69. The number of nitrogens with zero attached hydrogens (tertiary/aromatic N) is 1. The van der Waals surface area contributed by atoms with Gasteiger partial charge in [-0.15, -0.1) is 0 Å². The van der Waals surface area contributed by atoms with E-state index in [1.807, 2.05) is 31.1 Å². The van der Waals surface area contributed by atoms with Crippen molar-refractivity contribution >= 4 is 27.3 Å². The van der Waals surface area contributed by atoms with E-state index >= 15 is 0 Å². The highest BCUT2D eigenvalue weighted by Crippen LogP contribution is 2.17. The van der Waals surface area contributed by atoms with Gasteiger partial charge in [0.1, 0.15) is 0 Å². The number of hydrogen-bond donors (Lipinski definition) is 2. The van der Waals surface area contributed by atoms with Crippen molar-refractivity contribution < 1.29 is 13.2 Å². The van der Waals surface area contributed by atoms with Gasteiger partial charge in [0.15, 0.2) is 0 Å². The van der Waals surface area contributed by atoms with Crippen molar-refractivity contribution in [3.63, 3.8) is 0 Å². The summed E-state index contributed by atoms with van der Waals surface area (Å²) < 4.78 is 25.5. The Hall–Kier alpha value is -2.38. The van der Waals surface area contributed by atoms with Crippen LogP contribution >= 0.6 is 0 Å². The molecule has 0 fully saturated rings. The van der Waals surface area contributed by atoms with Crippen LogP contribution in [-0.4, -0.2) is 35.5 Å². The lowest BCUT2D eigenvalue weighted by Crippen LogP contribution is -2.18. The van der Waals surface area contributed by atoms with Gasteiger partial charge < -0.3 is 10.2 Å². The Kier molecular flexibility index (Phi) is 5.02. The molecule has 0 saturated carbocycles. The molecule has 2 N–H and O–H groups in total. The Morgan fingerprint density at radius 3 is 2.26 bits per heavy atom. The molecule has 0 heterocycles. The first kappa shape index (κ1) is 17.0. The van der Waals surface area contributed by atoms with Gasteiger partial charge in [0.2, 0.25) is 10.0 Å². The minimum absolute atomic E-state index is 0.146. The molecule has 0 aromatic heterocycles. The zero-order valence-corrected chi connectivity index (χ0v) is 14.0. The largest absolute Gasteiger partial charge is 0.378 e. The number of hydrogen-bond acceptors (Lipinski definition) is 4. The molecule has 1 amide bonds. The van der Waals surface area contributed by atoms with Gasteiger partial charge in [-0.05, 0) is 49.5 Å². The van der Waals surface area contributed by atoms with E-state index in [0.717, 1.165) is 5.69 Å². The minimum Gasteiger partial charge on any atom is -0.378 e. The van der Waals surface area contributed by atoms with Crippen LogP contribution in [-0.2, 0) is 10.0 Å². The Morgan fingerprint density at radius 2 is 1.70 bits per heavy atom. The number of carbonyl (C=O) groups excluding carboxylic acids is 1. The summed E-state index contributed by atoms with van der Waals surface area (Å²) in [6.07, 6.45) is 0. The van der Waals surface area contributed by atoms with Crippen LogP contribution in [0.15, 0.2) is 53.4 Å². The summed E-state index contributed by atoms with van der Waals surface area (Å²) in [5.74, 6) is -0.252. The maximum absolute atomic E-state index is 12.3. The van der Waals surface area contributed by atoms with Crippen LogP contribution in [0.5, 0.6) is 0 Å². The third kappa shape index (κ3) is 4.08. The summed E-state index contributed by atoms with van der Waals surface area (Å²) >= 11 is 0. The first-order valence-electron chi connectivity index (χ1n) is 6.96. The van der Waals surface area contributed by atoms with Gasteiger partial charge in [0.05, 0.1) is 4.90 Å². The lowest BCUT2D eigenvalue weighted by Gasteiger charge is -2.13. The van der Waals surface area contributed by atoms with Crippen molar-refractivity contribution in [2.24, 2.45) is 0 Å². The smallest absolute Gasteiger partial charge is 0.255 e. The van der Waals surface area contributed by atoms with E-state index in [2.05, 4.69) is 10.0 Å². The molecule has 2 aromatic carbocycles. The SMILES string of the molecule is CNS(=O)(=O)c1ccc(NC(=O)c2cccc(N(C)C)c2)cc1. The molecule has 7 heteroatoms. The summed E-state index contributed by atoms with van der Waals surface area (Å²) in [4.78, 5) is 14.3. The zero-order chi connectivity index (χ0) is 17.0. The summed E-state index contributed by atoms with van der Waals surface area (Å²) in [7, 11) is 1.67. The summed E-state index contributed by atoms with van der Waals surface area (Å²) in [5.41, 5.74) is 1.98. The van der Waals surface area contributed by atoms with E-state index in [1.54, 1.807) is 24.3 Å². The second-order valence-corrected chi connectivity index (χ2v) is 7.02. The average Bonchev–Trinajstić information content (AvgIpc) is 2.55. The van der Waals surface area contributed by atoms with Gasteiger partial charge in [-0.25, -0.2) is 13.1 Å². The first-order valence-corrected chi connectivity index (χ1v) is 8.44. The van der Waals surface area contributed by atoms with E-state index in [0.29, 0.717) is 11.3 Å². The summed E-state index contributed by atoms with van der Waals surface area (Å²) in [5, 5.41) is 2.75. The van der Waals surface area contributed by atoms with E-state index in [-0.39, 0.29) is 10.8 Å². The van der Waals surface area contributed by atoms with Gasteiger partial charge in [-0.1, -0.05) is 6.07 Å². The summed E-state index contributed by atoms with van der Waals surface area (Å²) in [6.45, 7) is 0. The number of benzene rings is 2. The van der Waals surface area contributed by atoms with Crippen LogP contribution in [0.25, 0.3) is 0 Å². The molecule has 2 aromatic rings. The predicted octanol–water partition coefficient (Wildman–Crippen LogP) is 1.91. The third-order valence-corrected chi connectivity index (χ3v) is 4.75. The Morgan fingerprint density at radius 1 is 1.04 bits per heavy atom. The molecular weight excluding hydrogens is 314 g/mol. The maximum Gasteiger partial charge on any atom is 0.255 e. The van der Waals surface area contributed by atoms with Gasteiger partial charge in [-0.3, -0.25) is 4.79 Å². The molecule has 0 aliphatic carbocycles. The van der Waals surface area contributed by atoms with Crippen LogP contribution < -0.4 is 14.9 Å². The third-order valence-electron chi connectivity index (χ3n) is 3.32. The fourth-order valence-electron chi connectivity index (χ4n) is 1.96. The topological polar surface area (TPSA) is 78.5 Å². The number of nitrogens with one attached hydrogen (secondary N) is 2. The van der Waals surface area contributed by atoms with E-state index in [4.69, 9.17) is 0 Å². The highest BCUT2D eigenvalue weighted by molar-refractivity contribution is 7.89. The Labute approximate surface area is 136 Å². The van der Waals surface area contributed by atoms with Gasteiger partial charge in [0, 0.05) is 31.0 Å². The second kappa shape index (κ2) is 6.80. The van der Waals surface area contributed by atoms with Gasteiger partial charge >= 0.3 is 0 Å². The normalized spacial score (nSPS) is 11.1. The van der Waals surface area contributed by atoms with Gasteiger partial charge in [-0.2, -0.15) is 0 Å². The fraction of sp³-hybridized carbons (Fsp3) is 0.188. The number of amides is 1. The molecular formula is C16H19N3O3S. The number of rotatable bonds is 5. The van der Waals surface area contributed by atoms with E-state index in [1.165, 1.54) is 19.2 Å². The van der Waals surface area contributed by atoms with Crippen LogP contribution in [0.3, 0.4) is 0 Å². The molecule has 0 unspecified atom stereocenters. The molecule has 6 nitrogen and oxygen atoms in total. The number of anilines is 2. The standard InChI is InChI=1S/C16H19N3O3S/c1-17-23(21,22)15-9-7-13(8-10-15)18-16(20)12-5-4-6-14(11-12)19(2)3/h4-11,17H,1-3H3,(H,18,20). The van der Waals surface area contributed by atoms with Crippen molar-refractivity contribution in [3.8, 4) is 0 Å².